The Labute approximate surface area is 145 Å². The first-order valence-electron chi connectivity index (χ1n) is 7.98. The van der Waals surface area contributed by atoms with Crippen molar-refractivity contribution in [1.82, 2.24) is 10.2 Å². The molecule has 4 aromatic rings. The Bertz CT molecular complexity index is 999. The maximum Gasteiger partial charge on any atom is 0.246 e. The average Bonchev–Trinajstić information content (AvgIpc) is 2.69. The van der Waals surface area contributed by atoms with E-state index in [-0.39, 0.29) is 0 Å². The van der Waals surface area contributed by atoms with E-state index in [1.807, 2.05) is 78.9 Å². The molecule has 0 amide bonds. The first-order chi connectivity index (χ1) is 12.3. The molecule has 25 heavy (non-hydrogen) atoms. The highest BCUT2D eigenvalue weighted by Crippen LogP contribution is 2.33. The van der Waals surface area contributed by atoms with Crippen molar-refractivity contribution in [3.8, 4) is 28.6 Å². The molecular formula is C21H16N2O2. The van der Waals surface area contributed by atoms with Gasteiger partial charge in [-0.05, 0) is 30.3 Å². The number of methoxy groups -OCH3 is 1. The van der Waals surface area contributed by atoms with Crippen molar-refractivity contribution >= 4 is 10.8 Å². The van der Waals surface area contributed by atoms with Crippen molar-refractivity contribution in [3.05, 3.63) is 78.9 Å². The number of nitrogens with zero attached hydrogens (tertiary/aromatic N) is 2. The van der Waals surface area contributed by atoms with Crippen LogP contribution in [0, 0.1) is 0 Å². The van der Waals surface area contributed by atoms with Gasteiger partial charge in [-0.15, -0.1) is 10.2 Å². The van der Waals surface area contributed by atoms with E-state index < -0.39 is 0 Å². The van der Waals surface area contributed by atoms with Crippen LogP contribution in [0.3, 0.4) is 0 Å². The van der Waals surface area contributed by atoms with E-state index in [2.05, 4.69) is 10.2 Å². The lowest BCUT2D eigenvalue weighted by Crippen LogP contribution is -1.95. The quantitative estimate of drug-likeness (QED) is 0.523. The zero-order chi connectivity index (χ0) is 17.1. The highest BCUT2D eigenvalue weighted by atomic mass is 16.5. The van der Waals surface area contributed by atoms with E-state index in [1.54, 1.807) is 7.11 Å². The van der Waals surface area contributed by atoms with Crippen molar-refractivity contribution in [3.63, 3.8) is 0 Å². The summed E-state index contributed by atoms with van der Waals surface area (Å²) in [7, 11) is 1.64. The minimum Gasteiger partial charge on any atom is -0.497 e. The van der Waals surface area contributed by atoms with Gasteiger partial charge >= 0.3 is 0 Å². The Morgan fingerprint density at radius 2 is 1.28 bits per heavy atom. The third kappa shape index (κ3) is 3.02. The van der Waals surface area contributed by atoms with Gasteiger partial charge in [-0.25, -0.2) is 0 Å². The van der Waals surface area contributed by atoms with Gasteiger partial charge in [0.2, 0.25) is 5.88 Å². The second kappa shape index (κ2) is 6.61. The molecule has 4 heteroatoms. The van der Waals surface area contributed by atoms with Gasteiger partial charge in [0.15, 0.2) is 0 Å². The van der Waals surface area contributed by atoms with E-state index in [9.17, 15) is 0 Å². The molecular weight excluding hydrogens is 312 g/mol. The predicted molar refractivity (Wildman–Crippen MR) is 98.0 cm³/mol. The van der Waals surface area contributed by atoms with Crippen LogP contribution in [0.25, 0.3) is 22.0 Å². The molecule has 0 fully saturated rings. The highest BCUT2D eigenvalue weighted by molar-refractivity contribution is 5.96. The predicted octanol–water partition coefficient (Wildman–Crippen LogP) is 5.10. The molecule has 0 aliphatic heterocycles. The molecule has 0 radical (unpaired) electrons. The molecule has 0 aliphatic rings. The number of rotatable bonds is 4. The van der Waals surface area contributed by atoms with Crippen molar-refractivity contribution in [2.75, 3.05) is 7.11 Å². The number of aromatic nitrogens is 2. The van der Waals surface area contributed by atoms with Gasteiger partial charge in [-0.3, -0.25) is 0 Å². The van der Waals surface area contributed by atoms with Gasteiger partial charge in [0, 0.05) is 16.3 Å². The number of fused-ring (bicyclic) bond motifs is 1. The van der Waals surface area contributed by atoms with Crippen molar-refractivity contribution in [1.29, 1.82) is 0 Å². The summed E-state index contributed by atoms with van der Waals surface area (Å²) in [5, 5.41) is 10.7. The summed E-state index contributed by atoms with van der Waals surface area (Å²) in [6, 6.07) is 25.4. The number of benzene rings is 3. The third-order valence-corrected chi connectivity index (χ3v) is 3.97. The summed E-state index contributed by atoms with van der Waals surface area (Å²) in [5.74, 6) is 1.95. The van der Waals surface area contributed by atoms with Crippen molar-refractivity contribution in [2.45, 2.75) is 0 Å². The minimum absolute atomic E-state index is 0.487. The normalized spacial score (nSPS) is 10.6. The molecule has 0 saturated carbocycles. The largest absolute Gasteiger partial charge is 0.497 e. The van der Waals surface area contributed by atoms with Gasteiger partial charge in [0.1, 0.15) is 17.2 Å². The zero-order valence-corrected chi connectivity index (χ0v) is 13.7. The summed E-state index contributed by atoms with van der Waals surface area (Å²) in [4.78, 5) is 0. The summed E-state index contributed by atoms with van der Waals surface area (Å²) in [5.41, 5.74) is 1.88. The molecule has 0 saturated heterocycles. The van der Waals surface area contributed by atoms with Gasteiger partial charge in [-0.2, -0.15) is 0 Å². The van der Waals surface area contributed by atoms with Gasteiger partial charge in [0.05, 0.1) is 7.11 Å². The summed E-state index contributed by atoms with van der Waals surface area (Å²) < 4.78 is 11.1. The van der Waals surface area contributed by atoms with E-state index in [1.165, 1.54) is 0 Å². The van der Waals surface area contributed by atoms with Crippen LogP contribution in [0.2, 0.25) is 0 Å². The van der Waals surface area contributed by atoms with Crippen LogP contribution in [0.4, 0.5) is 0 Å². The molecule has 4 rings (SSSR count). The van der Waals surface area contributed by atoms with Crippen LogP contribution in [0.15, 0.2) is 78.9 Å². The second-order valence-corrected chi connectivity index (χ2v) is 5.54. The Balaban J connectivity index is 1.78. The standard InChI is InChI=1S/C21H16N2O2/c1-24-16-11-13-17(14-12-16)25-21-19-10-6-5-9-18(19)20(22-23-21)15-7-3-2-4-8-15/h2-14H,1H3. The summed E-state index contributed by atoms with van der Waals surface area (Å²) >= 11 is 0. The SMILES string of the molecule is COc1ccc(Oc2nnc(-c3ccccc3)c3ccccc23)cc1. The highest BCUT2D eigenvalue weighted by Gasteiger charge is 2.12. The molecule has 4 nitrogen and oxygen atoms in total. The van der Waals surface area contributed by atoms with Crippen molar-refractivity contribution in [2.24, 2.45) is 0 Å². The maximum absolute atomic E-state index is 5.95. The number of hydrogen-bond acceptors (Lipinski definition) is 4. The monoisotopic (exact) mass is 328 g/mol. The second-order valence-electron chi connectivity index (χ2n) is 5.54. The maximum atomic E-state index is 5.95. The molecule has 0 atom stereocenters. The van der Waals surface area contributed by atoms with Crippen LogP contribution in [-0.4, -0.2) is 17.3 Å². The zero-order valence-electron chi connectivity index (χ0n) is 13.7. The van der Waals surface area contributed by atoms with E-state index >= 15 is 0 Å². The lowest BCUT2D eigenvalue weighted by atomic mass is 10.1. The number of hydrogen-bond donors (Lipinski definition) is 0. The molecule has 122 valence electrons. The smallest absolute Gasteiger partial charge is 0.246 e. The van der Waals surface area contributed by atoms with Crippen LogP contribution in [0.5, 0.6) is 17.4 Å². The molecule has 0 unspecified atom stereocenters. The molecule has 3 aromatic carbocycles. The molecule has 0 spiro atoms. The molecule has 0 N–H and O–H groups in total. The Morgan fingerprint density at radius 1 is 0.640 bits per heavy atom. The van der Waals surface area contributed by atoms with E-state index in [4.69, 9.17) is 9.47 Å². The Morgan fingerprint density at radius 3 is 2.00 bits per heavy atom. The van der Waals surface area contributed by atoms with Gasteiger partial charge in [-0.1, -0.05) is 48.5 Å². The summed E-state index contributed by atoms with van der Waals surface area (Å²) in [6.45, 7) is 0. The van der Waals surface area contributed by atoms with Crippen LogP contribution < -0.4 is 9.47 Å². The van der Waals surface area contributed by atoms with Crippen LogP contribution in [-0.2, 0) is 0 Å². The van der Waals surface area contributed by atoms with E-state index in [0.29, 0.717) is 11.6 Å². The van der Waals surface area contributed by atoms with E-state index in [0.717, 1.165) is 27.8 Å². The van der Waals surface area contributed by atoms with Crippen LogP contribution >= 0.6 is 0 Å². The fourth-order valence-electron chi connectivity index (χ4n) is 2.72. The number of ether oxygens (including phenoxy) is 2. The topological polar surface area (TPSA) is 44.2 Å². The molecule has 1 aromatic heterocycles. The first kappa shape index (κ1) is 15.1. The molecule has 0 aliphatic carbocycles. The molecule has 1 heterocycles. The van der Waals surface area contributed by atoms with Gasteiger partial charge in [0.25, 0.3) is 0 Å². The average molecular weight is 328 g/mol. The van der Waals surface area contributed by atoms with Crippen molar-refractivity contribution < 1.29 is 9.47 Å². The summed E-state index contributed by atoms with van der Waals surface area (Å²) in [6.07, 6.45) is 0. The fourth-order valence-corrected chi connectivity index (χ4v) is 2.72. The van der Waals surface area contributed by atoms with Crippen LogP contribution in [0.1, 0.15) is 0 Å². The molecule has 0 bridgehead atoms. The fraction of sp³-hybridized carbons (Fsp3) is 0.0476. The van der Waals surface area contributed by atoms with Gasteiger partial charge < -0.3 is 9.47 Å². The first-order valence-corrected chi connectivity index (χ1v) is 7.98. The Kier molecular flexibility index (Phi) is 4.01. The lowest BCUT2D eigenvalue weighted by molar-refractivity contribution is 0.412. The third-order valence-electron chi connectivity index (χ3n) is 3.97. The minimum atomic E-state index is 0.487. The Hall–Kier alpha value is -3.40. The lowest BCUT2D eigenvalue weighted by Gasteiger charge is -2.10.